The average molecular weight is 222 g/mol. The third-order valence-corrected chi connectivity index (χ3v) is 3.01. The number of aromatic nitrogens is 2. The van der Waals surface area contributed by atoms with Crippen LogP contribution in [0, 0.1) is 5.92 Å². The van der Waals surface area contributed by atoms with Crippen molar-refractivity contribution in [2.75, 3.05) is 0 Å². The third kappa shape index (κ3) is 4.38. The molecule has 0 bridgehead atoms. The lowest BCUT2D eigenvalue weighted by Gasteiger charge is -2.07. The largest absolute Gasteiger partial charge is 0.272 e. The van der Waals surface area contributed by atoms with Gasteiger partial charge in [0.25, 0.3) is 0 Å². The summed E-state index contributed by atoms with van der Waals surface area (Å²) >= 11 is 0. The highest BCUT2D eigenvalue weighted by atomic mass is 15.3. The monoisotopic (exact) mass is 222 g/mol. The molecular weight excluding hydrogens is 196 g/mol. The number of aryl methyl sites for hydroxylation is 1. The predicted octanol–water partition coefficient (Wildman–Crippen LogP) is 4.05. The van der Waals surface area contributed by atoms with Gasteiger partial charge >= 0.3 is 0 Å². The highest BCUT2D eigenvalue weighted by molar-refractivity contribution is 5.02. The molecule has 1 saturated carbocycles. The first kappa shape index (κ1) is 13.3. The molecule has 0 aromatic carbocycles. The zero-order valence-electron chi connectivity index (χ0n) is 11.1. The fourth-order valence-corrected chi connectivity index (χ4v) is 2.15. The highest BCUT2D eigenvalue weighted by Gasteiger charge is 2.15. The summed E-state index contributed by atoms with van der Waals surface area (Å²) in [5.74, 6) is 0.893. The lowest BCUT2D eigenvalue weighted by atomic mass is 10.1. The Labute approximate surface area is 100 Å². The van der Waals surface area contributed by atoms with Crippen molar-refractivity contribution in [1.82, 2.24) is 9.78 Å². The van der Waals surface area contributed by atoms with Crippen LogP contribution in [0.25, 0.3) is 0 Å². The van der Waals surface area contributed by atoms with Crippen LogP contribution in [0.5, 0.6) is 0 Å². The Hall–Kier alpha value is -0.790. The third-order valence-electron chi connectivity index (χ3n) is 3.01. The van der Waals surface area contributed by atoms with Crippen LogP contribution in [0.4, 0.5) is 0 Å². The molecule has 2 heteroatoms. The second kappa shape index (κ2) is 7.48. The molecule has 0 radical (unpaired) electrons. The van der Waals surface area contributed by atoms with Gasteiger partial charge in [-0.2, -0.15) is 5.10 Å². The van der Waals surface area contributed by atoms with Crippen molar-refractivity contribution in [1.29, 1.82) is 0 Å². The van der Waals surface area contributed by atoms with Gasteiger partial charge in [0.1, 0.15) is 0 Å². The van der Waals surface area contributed by atoms with Gasteiger partial charge in [0.05, 0.1) is 6.20 Å². The van der Waals surface area contributed by atoms with Crippen molar-refractivity contribution in [3.63, 3.8) is 0 Å². The maximum atomic E-state index is 4.37. The van der Waals surface area contributed by atoms with Crippen molar-refractivity contribution in [3.05, 3.63) is 18.0 Å². The number of rotatable bonds is 3. The van der Waals surface area contributed by atoms with E-state index in [2.05, 4.69) is 36.7 Å². The molecule has 1 aromatic heterocycles. The quantitative estimate of drug-likeness (QED) is 0.754. The first-order valence-corrected chi connectivity index (χ1v) is 6.81. The summed E-state index contributed by atoms with van der Waals surface area (Å²) in [6.07, 6.45) is 12.2. The van der Waals surface area contributed by atoms with Gasteiger partial charge in [-0.15, -0.1) is 0 Å². The van der Waals surface area contributed by atoms with Crippen LogP contribution in [-0.4, -0.2) is 9.78 Å². The molecule has 0 amide bonds. The smallest absolute Gasteiger partial charge is 0.0521 e. The summed E-state index contributed by atoms with van der Waals surface area (Å²) in [6.45, 7) is 7.57. The first-order chi connectivity index (χ1) is 7.80. The van der Waals surface area contributed by atoms with Crippen LogP contribution in [0.1, 0.15) is 58.4 Å². The minimum absolute atomic E-state index is 0.893. The molecule has 0 spiro atoms. The Morgan fingerprint density at radius 2 is 1.88 bits per heavy atom. The van der Waals surface area contributed by atoms with Gasteiger partial charge in [0.2, 0.25) is 0 Å². The van der Waals surface area contributed by atoms with E-state index in [0.717, 1.165) is 18.9 Å². The molecule has 1 aliphatic rings. The Morgan fingerprint density at radius 1 is 1.25 bits per heavy atom. The molecule has 1 heterocycles. The Bertz CT molecular complexity index is 272. The minimum atomic E-state index is 0.893. The molecule has 2 rings (SSSR count). The summed E-state index contributed by atoms with van der Waals surface area (Å²) < 4.78 is 2.12. The van der Waals surface area contributed by atoms with Gasteiger partial charge in [-0.25, -0.2) is 0 Å². The van der Waals surface area contributed by atoms with Crippen molar-refractivity contribution in [2.45, 2.75) is 65.8 Å². The van der Waals surface area contributed by atoms with Gasteiger partial charge in [-0.1, -0.05) is 40.0 Å². The van der Waals surface area contributed by atoms with Gasteiger partial charge in [0, 0.05) is 12.7 Å². The van der Waals surface area contributed by atoms with Crippen LogP contribution in [0.2, 0.25) is 0 Å². The highest BCUT2D eigenvalue weighted by Crippen LogP contribution is 2.25. The number of nitrogens with zero attached hydrogens (tertiary/aromatic N) is 2. The molecule has 0 N–H and O–H groups in total. The molecule has 0 unspecified atom stereocenters. The lowest BCUT2D eigenvalue weighted by Crippen LogP contribution is -2.07. The van der Waals surface area contributed by atoms with E-state index in [1.54, 1.807) is 0 Å². The van der Waals surface area contributed by atoms with Crippen LogP contribution in [0.3, 0.4) is 0 Å². The molecule has 0 atom stereocenters. The SMILES string of the molecule is CCC.CCc1cnn(CC2CCCC2)c1. The maximum absolute atomic E-state index is 4.37. The van der Waals surface area contributed by atoms with Crippen molar-refractivity contribution >= 4 is 0 Å². The summed E-state index contributed by atoms with van der Waals surface area (Å²) in [5.41, 5.74) is 1.36. The summed E-state index contributed by atoms with van der Waals surface area (Å²) in [4.78, 5) is 0. The van der Waals surface area contributed by atoms with E-state index in [4.69, 9.17) is 0 Å². The summed E-state index contributed by atoms with van der Waals surface area (Å²) in [6, 6.07) is 0. The van der Waals surface area contributed by atoms with Crippen LogP contribution < -0.4 is 0 Å². The molecule has 1 aliphatic carbocycles. The van der Waals surface area contributed by atoms with E-state index in [1.165, 1.54) is 37.7 Å². The fraction of sp³-hybridized carbons (Fsp3) is 0.786. The van der Waals surface area contributed by atoms with Crippen molar-refractivity contribution < 1.29 is 0 Å². The van der Waals surface area contributed by atoms with E-state index < -0.39 is 0 Å². The van der Waals surface area contributed by atoms with E-state index in [-0.39, 0.29) is 0 Å². The van der Waals surface area contributed by atoms with E-state index in [0.29, 0.717) is 0 Å². The second-order valence-electron chi connectivity index (χ2n) is 4.78. The minimum Gasteiger partial charge on any atom is -0.272 e. The van der Waals surface area contributed by atoms with E-state index in [1.807, 2.05) is 6.20 Å². The molecule has 2 nitrogen and oxygen atoms in total. The fourth-order valence-electron chi connectivity index (χ4n) is 2.15. The van der Waals surface area contributed by atoms with Crippen LogP contribution in [0.15, 0.2) is 12.4 Å². The molecule has 92 valence electrons. The molecule has 1 aromatic rings. The van der Waals surface area contributed by atoms with Crippen molar-refractivity contribution in [2.24, 2.45) is 5.92 Å². The van der Waals surface area contributed by atoms with E-state index in [9.17, 15) is 0 Å². The Morgan fingerprint density at radius 3 is 2.38 bits per heavy atom. The molecule has 0 saturated heterocycles. The molecule has 0 aliphatic heterocycles. The topological polar surface area (TPSA) is 17.8 Å². The summed E-state index contributed by atoms with van der Waals surface area (Å²) in [5, 5.41) is 4.37. The first-order valence-electron chi connectivity index (χ1n) is 6.81. The zero-order valence-corrected chi connectivity index (χ0v) is 11.1. The Kier molecular flexibility index (Phi) is 6.20. The number of hydrogen-bond acceptors (Lipinski definition) is 1. The molecule has 16 heavy (non-hydrogen) atoms. The maximum Gasteiger partial charge on any atom is 0.0521 e. The standard InChI is InChI=1S/C11H18N2.C3H8/c1-2-10-7-12-13(8-10)9-11-5-3-4-6-11;1-3-2/h7-8,11H,2-6,9H2,1H3;3H2,1-2H3. The predicted molar refractivity (Wildman–Crippen MR) is 69.5 cm³/mol. The summed E-state index contributed by atoms with van der Waals surface area (Å²) in [7, 11) is 0. The van der Waals surface area contributed by atoms with Gasteiger partial charge in [0.15, 0.2) is 0 Å². The molecule has 1 fully saturated rings. The second-order valence-corrected chi connectivity index (χ2v) is 4.78. The van der Waals surface area contributed by atoms with Crippen LogP contribution in [-0.2, 0) is 13.0 Å². The molecular formula is C14H26N2. The average Bonchev–Trinajstić information content (AvgIpc) is 2.91. The van der Waals surface area contributed by atoms with Gasteiger partial charge in [-0.05, 0) is 30.7 Å². The van der Waals surface area contributed by atoms with Crippen LogP contribution >= 0.6 is 0 Å². The van der Waals surface area contributed by atoms with E-state index >= 15 is 0 Å². The Balaban J connectivity index is 0.000000386. The number of hydrogen-bond donors (Lipinski definition) is 0. The van der Waals surface area contributed by atoms with Gasteiger partial charge in [-0.3, -0.25) is 4.68 Å². The van der Waals surface area contributed by atoms with Crippen molar-refractivity contribution in [3.8, 4) is 0 Å². The zero-order chi connectivity index (χ0) is 11.8. The lowest BCUT2D eigenvalue weighted by molar-refractivity contribution is 0.429. The normalized spacial score (nSPS) is 15.9. The van der Waals surface area contributed by atoms with Gasteiger partial charge < -0.3 is 0 Å².